The third kappa shape index (κ3) is 4.63. The van der Waals surface area contributed by atoms with Crippen LogP contribution in [0.25, 0.3) is 0 Å². The molecule has 0 aliphatic carbocycles. The molecule has 3 heterocycles. The first-order valence-corrected chi connectivity index (χ1v) is 9.64. The van der Waals surface area contributed by atoms with E-state index in [0.717, 1.165) is 0 Å². The van der Waals surface area contributed by atoms with Gasteiger partial charge >= 0.3 is 0 Å². The summed E-state index contributed by atoms with van der Waals surface area (Å²) in [6.07, 6.45) is 1.77. The molecule has 1 aromatic heterocycles. The third-order valence-corrected chi connectivity index (χ3v) is 5.25. The lowest BCUT2D eigenvalue weighted by Gasteiger charge is -2.31. The first kappa shape index (κ1) is 19.5. The Hall–Kier alpha value is -2.78. The van der Waals surface area contributed by atoms with Crippen LogP contribution in [0, 0.1) is 11.7 Å². The second-order valence-electron chi connectivity index (χ2n) is 7.64. The summed E-state index contributed by atoms with van der Waals surface area (Å²) in [5.74, 6) is -0.0191. The maximum absolute atomic E-state index is 13.2. The molecule has 2 atom stereocenters. The highest BCUT2D eigenvalue weighted by molar-refractivity contribution is 5.94. The molecule has 2 aromatic rings. The average molecular weight is 401 g/mol. The fourth-order valence-corrected chi connectivity index (χ4v) is 3.94. The van der Waals surface area contributed by atoms with E-state index in [1.165, 1.54) is 24.3 Å². The Morgan fingerprint density at radius 3 is 2.69 bits per heavy atom. The Morgan fingerprint density at radius 1 is 1.17 bits per heavy atom. The maximum atomic E-state index is 13.2. The molecule has 8 nitrogen and oxygen atoms in total. The highest BCUT2D eigenvalue weighted by Gasteiger charge is 2.36. The number of fused-ring (bicyclic) bond motifs is 3. The summed E-state index contributed by atoms with van der Waals surface area (Å²) in [6, 6.07) is 7.18. The summed E-state index contributed by atoms with van der Waals surface area (Å²) in [5.41, 5.74) is 0.457. The number of hydrogen-bond donors (Lipinski definition) is 1. The summed E-state index contributed by atoms with van der Waals surface area (Å²) in [6.45, 7) is 2.95. The standard InChI is InChI=1S/C20H24FN5O3/c1-24-7-6-18(23-24)22-19(27)11-25-8-14-9-26(17(10-25)13-29-12-14)20(28)15-2-4-16(21)5-3-15/h2-7,14,17H,8-13H2,1H3,(H,22,23,27)/t14-,17-/m0/s1. The molecule has 154 valence electrons. The van der Waals surface area contributed by atoms with Crippen molar-refractivity contribution in [2.45, 2.75) is 6.04 Å². The number of ether oxygens (including phenoxy) is 1. The van der Waals surface area contributed by atoms with Crippen LogP contribution >= 0.6 is 0 Å². The third-order valence-electron chi connectivity index (χ3n) is 5.25. The number of carbonyl (C=O) groups excluding carboxylic acids is 2. The fraction of sp³-hybridized carbons (Fsp3) is 0.450. The molecule has 2 amide bonds. The van der Waals surface area contributed by atoms with E-state index in [4.69, 9.17) is 4.74 Å². The first-order valence-electron chi connectivity index (χ1n) is 9.64. The molecule has 9 heteroatoms. The molecule has 2 aliphatic heterocycles. The van der Waals surface area contributed by atoms with Crippen molar-refractivity contribution in [3.05, 3.63) is 47.9 Å². The van der Waals surface area contributed by atoms with Crippen molar-refractivity contribution in [2.75, 3.05) is 44.7 Å². The van der Waals surface area contributed by atoms with Gasteiger partial charge in [0.2, 0.25) is 5.91 Å². The topological polar surface area (TPSA) is 79.7 Å². The maximum Gasteiger partial charge on any atom is 0.254 e. The zero-order valence-electron chi connectivity index (χ0n) is 16.3. The molecule has 2 aliphatic rings. The quantitative estimate of drug-likeness (QED) is 0.826. The van der Waals surface area contributed by atoms with Gasteiger partial charge in [-0.2, -0.15) is 5.10 Å². The molecule has 0 spiro atoms. The van der Waals surface area contributed by atoms with Gasteiger partial charge in [-0.05, 0) is 24.3 Å². The highest BCUT2D eigenvalue weighted by Crippen LogP contribution is 2.22. The highest BCUT2D eigenvalue weighted by atomic mass is 19.1. The minimum atomic E-state index is -0.371. The average Bonchev–Trinajstić information content (AvgIpc) is 2.87. The van der Waals surface area contributed by atoms with Crippen LogP contribution in [0.1, 0.15) is 10.4 Å². The van der Waals surface area contributed by atoms with E-state index in [0.29, 0.717) is 44.2 Å². The number of aryl methyl sites for hydroxylation is 1. The molecule has 2 saturated heterocycles. The van der Waals surface area contributed by atoms with E-state index in [1.807, 2.05) is 4.90 Å². The molecule has 4 rings (SSSR count). The van der Waals surface area contributed by atoms with Crippen molar-refractivity contribution in [1.82, 2.24) is 19.6 Å². The van der Waals surface area contributed by atoms with Crippen LogP contribution in [0.2, 0.25) is 0 Å². The minimum absolute atomic E-state index is 0.106. The van der Waals surface area contributed by atoms with Gasteiger partial charge in [-0.1, -0.05) is 0 Å². The summed E-state index contributed by atoms with van der Waals surface area (Å²) >= 11 is 0. The Kier molecular flexibility index (Phi) is 5.59. The van der Waals surface area contributed by atoms with Gasteiger partial charge in [0, 0.05) is 50.4 Å². The van der Waals surface area contributed by atoms with Gasteiger partial charge in [0.05, 0.1) is 25.8 Å². The summed E-state index contributed by atoms with van der Waals surface area (Å²) in [4.78, 5) is 29.3. The van der Waals surface area contributed by atoms with E-state index in [9.17, 15) is 14.0 Å². The van der Waals surface area contributed by atoms with Crippen molar-refractivity contribution >= 4 is 17.6 Å². The predicted octanol–water partition coefficient (Wildman–Crippen LogP) is 0.971. The number of rotatable bonds is 4. The van der Waals surface area contributed by atoms with Crippen LogP contribution in [0.5, 0.6) is 0 Å². The van der Waals surface area contributed by atoms with Gasteiger partial charge in [0.1, 0.15) is 5.82 Å². The summed E-state index contributed by atoms with van der Waals surface area (Å²) in [7, 11) is 1.79. The number of hydrogen-bond acceptors (Lipinski definition) is 5. The molecular weight excluding hydrogens is 377 g/mol. The smallest absolute Gasteiger partial charge is 0.254 e. The van der Waals surface area contributed by atoms with Crippen molar-refractivity contribution in [2.24, 2.45) is 13.0 Å². The van der Waals surface area contributed by atoms with Crippen LogP contribution in [-0.2, 0) is 16.6 Å². The molecule has 1 N–H and O–H groups in total. The number of carbonyl (C=O) groups is 2. The SMILES string of the molecule is Cn1ccc(NC(=O)CN2C[C@@H]3COC[C@H](C2)N(C(=O)c2ccc(F)cc2)C3)n1. The van der Waals surface area contributed by atoms with E-state index in [2.05, 4.69) is 15.3 Å². The molecule has 1 aromatic carbocycles. The number of anilines is 1. The normalized spacial score (nSPS) is 22.2. The lowest BCUT2D eigenvalue weighted by Crippen LogP contribution is -2.47. The first-order chi connectivity index (χ1) is 14.0. The van der Waals surface area contributed by atoms with E-state index < -0.39 is 0 Å². The molecule has 2 fully saturated rings. The Labute approximate surface area is 168 Å². The van der Waals surface area contributed by atoms with Crippen LogP contribution in [-0.4, -0.2) is 76.8 Å². The van der Waals surface area contributed by atoms with Crippen LogP contribution < -0.4 is 5.32 Å². The monoisotopic (exact) mass is 401 g/mol. The van der Waals surface area contributed by atoms with Gasteiger partial charge < -0.3 is 15.0 Å². The number of amides is 2. The van der Waals surface area contributed by atoms with Crippen LogP contribution in [0.15, 0.2) is 36.5 Å². The fourth-order valence-electron chi connectivity index (χ4n) is 3.94. The van der Waals surface area contributed by atoms with Crippen LogP contribution in [0.3, 0.4) is 0 Å². The number of aromatic nitrogens is 2. The van der Waals surface area contributed by atoms with Gasteiger partial charge in [0.15, 0.2) is 5.82 Å². The summed E-state index contributed by atoms with van der Waals surface area (Å²) in [5, 5.41) is 6.96. The number of benzene rings is 1. The molecular formula is C20H24FN5O3. The lowest BCUT2D eigenvalue weighted by molar-refractivity contribution is -0.117. The Balaban J connectivity index is 1.44. The van der Waals surface area contributed by atoms with E-state index >= 15 is 0 Å². The largest absolute Gasteiger partial charge is 0.379 e. The molecule has 0 unspecified atom stereocenters. The van der Waals surface area contributed by atoms with Gasteiger partial charge in [-0.15, -0.1) is 0 Å². The molecule has 0 radical (unpaired) electrons. The minimum Gasteiger partial charge on any atom is -0.379 e. The van der Waals surface area contributed by atoms with Gasteiger partial charge in [0.25, 0.3) is 5.91 Å². The zero-order valence-corrected chi connectivity index (χ0v) is 16.3. The van der Waals surface area contributed by atoms with Crippen molar-refractivity contribution < 1.29 is 18.7 Å². The second-order valence-corrected chi connectivity index (χ2v) is 7.64. The second kappa shape index (κ2) is 8.30. The molecule has 2 bridgehead atoms. The number of nitrogens with one attached hydrogen (secondary N) is 1. The number of halogens is 1. The summed E-state index contributed by atoms with van der Waals surface area (Å²) < 4.78 is 20.6. The lowest BCUT2D eigenvalue weighted by atomic mass is 10.1. The number of nitrogens with zero attached hydrogens (tertiary/aromatic N) is 4. The predicted molar refractivity (Wildman–Crippen MR) is 104 cm³/mol. The zero-order chi connectivity index (χ0) is 20.4. The van der Waals surface area contributed by atoms with Crippen molar-refractivity contribution in [3.63, 3.8) is 0 Å². The van der Waals surface area contributed by atoms with E-state index in [1.54, 1.807) is 24.0 Å². The van der Waals surface area contributed by atoms with E-state index in [-0.39, 0.29) is 36.1 Å². The van der Waals surface area contributed by atoms with Crippen LogP contribution in [0.4, 0.5) is 10.2 Å². The molecule has 29 heavy (non-hydrogen) atoms. The van der Waals surface area contributed by atoms with Crippen molar-refractivity contribution in [1.29, 1.82) is 0 Å². The van der Waals surface area contributed by atoms with Crippen molar-refractivity contribution in [3.8, 4) is 0 Å². The van der Waals surface area contributed by atoms with Gasteiger partial charge in [-0.3, -0.25) is 19.2 Å². The Bertz CT molecular complexity index is 884. The van der Waals surface area contributed by atoms with Gasteiger partial charge in [-0.25, -0.2) is 4.39 Å². The Morgan fingerprint density at radius 2 is 1.97 bits per heavy atom. The molecule has 0 saturated carbocycles.